The lowest BCUT2D eigenvalue weighted by Crippen LogP contribution is -1.96. The van der Waals surface area contributed by atoms with Gasteiger partial charge in [0.25, 0.3) is 0 Å². The normalized spacial score (nSPS) is 11.6. The van der Waals surface area contributed by atoms with Gasteiger partial charge in [0.05, 0.1) is 22.1 Å². The van der Waals surface area contributed by atoms with E-state index in [1.54, 1.807) is 0 Å². The van der Waals surface area contributed by atoms with Crippen molar-refractivity contribution in [2.75, 3.05) is 0 Å². The lowest BCUT2D eigenvalue weighted by molar-refractivity contribution is 1.17. The maximum absolute atomic E-state index is 2.49. The maximum Gasteiger partial charge on any atom is 0.0641 e. The van der Waals surface area contributed by atoms with Crippen LogP contribution in [0.5, 0.6) is 0 Å². The lowest BCUT2D eigenvalue weighted by atomic mass is 10.00. The topological polar surface area (TPSA) is 9.86 Å². The number of hydrogen-bond acceptors (Lipinski definition) is 0. The van der Waals surface area contributed by atoms with Gasteiger partial charge in [0.15, 0.2) is 0 Å². The summed E-state index contributed by atoms with van der Waals surface area (Å²) in [6.45, 7) is 0. The molecule has 0 radical (unpaired) electrons. The predicted octanol–water partition coefficient (Wildman–Crippen LogP) is 12.9. The summed E-state index contributed by atoms with van der Waals surface area (Å²) in [7, 11) is 0. The van der Waals surface area contributed by atoms with E-state index in [1.807, 2.05) is 0 Å². The molecule has 2 aromatic heterocycles. The van der Waals surface area contributed by atoms with E-state index in [-0.39, 0.29) is 0 Å². The van der Waals surface area contributed by atoms with Crippen LogP contribution in [0.25, 0.3) is 88.4 Å². The smallest absolute Gasteiger partial charge is 0.0641 e. The maximum atomic E-state index is 2.49. The van der Waals surface area contributed by atoms with Gasteiger partial charge in [-0.1, -0.05) is 146 Å². The van der Waals surface area contributed by atoms with Crippen molar-refractivity contribution >= 4 is 43.6 Å². The van der Waals surface area contributed by atoms with Gasteiger partial charge in [-0.05, 0) is 81.9 Å². The van der Waals surface area contributed by atoms with Gasteiger partial charge in [-0.2, -0.15) is 0 Å². The monoisotopic (exact) mass is 636 g/mol. The third-order valence-corrected chi connectivity index (χ3v) is 10.1. The molecule has 2 heterocycles. The highest BCUT2D eigenvalue weighted by Crippen LogP contribution is 2.43. The van der Waals surface area contributed by atoms with E-state index in [0.717, 1.165) is 11.4 Å². The summed E-state index contributed by atoms with van der Waals surface area (Å²) in [5, 5.41) is 5.00. The van der Waals surface area contributed by atoms with Crippen LogP contribution in [0.3, 0.4) is 0 Å². The van der Waals surface area contributed by atoms with Gasteiger partial charge in [0, 0.05) is 32.9 Å². The Morgan fingerprint density at radius 1 is 0.260 bits per heavy atom. The zero-order chi connectivity index (χ0) is 33.0. The van der Waals surface area contributed by atoms with Gasteiger partial charge < -0.3 is 9.13 Å². The number of aromatic nitrogens is 2. The Kier molecular flexibility index (Phi) is 6.53. The first-order chi connectivity index (χ1) is 24.8. The first-order valence-electron chi connectivity index (χ1n) is 17.2. The van der Waals surface area contributed by atoms with Crippen molar-refractivity contribution in [2.24, 2.45) is 0 Å². The molecule has 2 nitrogen and oxygen atoms in total. The van der Waals surface area contributed by atoms with Gasteiger partial charge in [-0.25, -0.2) is 0 Å². The highest BCUT2D eigenvalue weighted by atomic mass is 15.0. The van der Waals surface area contributed by atoms with Crippen LogP contribution in [0, 0.1) is 0 Å². The second-order valence-corrected chi connectivity index (χ2v) is 13.0. The fraction of sp³-hybridized carbons (Fsp3) is 0. The van der Waals surface area contributed by atoms with E-state index < -0.39 is 0 Å². The van der Waals surface area contributed by atoms with Crippen LogP contribution in [0.1, 0.15) is 0 Å². The SMILES string of the molecule is c1ccc(-c2ccc(-c3cccc(-n4c5ccc(-c6ccccc6)cc5c5ccc6c(c7ccccc7n6-c6ccccc6)c54)c3)cc2)cc1. The largest absolute Gasteiger partial charge is 0.309 e. The van der Waals surface area contributed by atoms with E-state index in [4.69, 9.17) is 0 Å². The Morgan fingerprint density at radius 3 is 1.50 bits per heavy atom. The molecule has 234 valence electrons. The van der Waals surface area contributed by atoms with Gasteiger partial charge >= 0.3 is 0 Å². The summed E-state index contributed by atoms with van der Waals surface area (Å²) in [5.41, 5.74) is 14.4. The zero-order valence-electron chi connectivity index (χ0n) is 27.4. The average Bonchev–Trinajstić information content (AvgIpc) is 3.71. The van der Waals surface area contributed by atoms with E-state index >= 15 is 0 Å². The highest BCUT2D eigenvalue weighted by Gasteiger charge is 2.21. The molecule has 0 bridgehead atoms. The number of fused-ring (bicyclic) bond motifs is 7. The Bertz CT molecular complexity index is 2820. The van der Waals surface area contributed by atoms with Crippen molar-refractivity contribution in [2.45, 2.75) is 0 Å². The van der Waals surface area contributed by atoms with Gasteiger partial charge in [0.1, 0.15) is 0 Å². The van der Waals surface area contributed by atoms with Crippen molar-refractivity contribution in [3.05, 3.63) is 194 Å². The average molecular weight is 637 g/mol. The number of hydrogen-bond donors (Lipinski definition) is 0. The fourth-order valence-electron chi connectivity index (χ4n) is 7.80. The molecule has 0 aliphatic rings. The molecule has 0 saturated heterocycles. The summed E-state index contributed by atoms with van der Waals surface area (Å²) in [5.74, 6) is 0. The van der Waals surface area contributed by atoms with Crippen molar-refractivity contribution in [3.63, 3.8) is 0 Å². The zero-order valence-corrected chi connectivity index (χ0v) is 27.4. The second-order valence-electron chi connectivity index (χ2n) is 13.0. The molecule has 0 unspecified atom stereocenters. The molecular weight excluding hydrogens is 605 g/mol. The molecule has 8 aromatic carbocycles. The van der Waals surface area contributed by atoms with E-state index in [2.05, 4.69) is 203 Å². The third kappa shape index (κ3) is 4.50. The van der Waals surface area contributed by atoms with Crippen molar-refractivity contribution in [1.29, 1.82) is 0 Å². The molecule has 50 heavy (non-hydrogen) atoms. The number of para-hydroxylation sites is 2. The van der Waals surface area contributed by atoms with Crippen molar-refractivity contribution < 1.29 is 0 Å². The summed E-state index contributed by atoms with van der Waals surface area (Å²) in [4.78, 5) is 0. The molecule has 10 rings (SSSR count). The molecule has 0 amide bonds. The first-order valence-corrected chi connectivity index (χ1v) is 17.2. The van der Waals surface area contributed by atoms with Gasteiger partial charge in [-0.3, -0.25) is 0 Å². The van der Waals surface area contributed by atoms with Gasteiger partial charge in [-0.15, -0.1) is 0 Å². The number of benzene rings is 8. The Balaban J connectivity index is 1.26. The first kappa shape index (κ1) is 28.4. The summed E-state index contributed by atoms with van der Waals surface area (Å²) in [6, 6.07) is 70.4. The molecule has 0 aliphatic carbocycles. The number of rotatable bonds is 5. The van der Waals surface area contributed by atoms with Crippen LogP contribution < -0.4 is 0 Å². The Morgan fingerprint density at radius 2 is 0.760 bits per heavy atom. The van der Waals surface area contributed by atoms with Crippen LogP contribution in [-0.2, 0) is 0 Å². The quantitative estimate of drug-likeness (QED) is 0.178. The van der Waals surface area contributed by atoms with Crippen LogP contribution in [0.15, 0.2) is 194 Å². The van der Waals surface area contributed by atoms with E-state index in [0.29, 0.717) is 0 Å². The van der Waals surface area contributed by atoms with Crippen LogP contribution in [0.4, 0.5) is 0 Å². The summed E-state index contributed by atoms with van der Waals surface area (Å²) in [6.07, 6.45) is 0. The molecule has 0 saturated carbocycles. The van der Waals surface area contributed by atoms with E-state index in [1.165, 1.54) is 77.0 Å². The molecule has 0 fully saturated rings. The van der Waals surface area contributed by atoms with Crippen molar-refractivity contribution in [3.8, 4) is 44.8 Å². The second kappa shape index (κ2) is 11.5. The highest BCUT2D eigenvalue weighted by molar-refractivity contribution is 6.26. The molecule has 0 spiro atoms. The number of nitrogens with zero attached hydrogens (tertiary/aromatic N) is 2. The molecule has 2 heteroatoms. The van der Waals surface area contributed by atoms with Gasteiger partial charge in [0.2, 0.25) is 0 Å². The predicted molar refractivity (Wildman–Crippen MR) is 211 cm³/mol. The third-order valence-electron chi connectivity index (χ3n) is 10.1. The fourth-order valence-corrected chi connectivity index (χ4v) is 7.80. The van der Waals surface area contributed by atoms with E-state index in [9.17, 15) is 0 Å². The lowest BCUT2D eigenvalue weighted by Gasteiger charge is -2.12. The molecule has 0 atom stereocenters. The molecular formula is C48H32N2. The molecule has 0 N–H and O–H groups in total. The summed E-state index contributed by atoms with van der Waals surface area (Å²) >= 11 is 0. The molecule has 10 aromatic rings. The van der Waals surface area contributed by atoms with Crippen LogP contribution in [0.2, 0.25) is 0 Å². The van der Waals surface area contributed by atoms with Crippen molar-refractivity contribution in [1.82, 2.24) is 9.13 Å². The Labute approximate surface area is 290 Å². The minimum atomic E-state index is 1.14. The van der Waals surface area contributed by atoms with Crippen LogP contribution >= 0.6 is 0 Å². The van der Waals surface area contributed by atoms with Crippen LogP contribution in [-0.4, -0.2) is 9.13 Å². The standard InChI is InChI=1S/C48H32N2/c1-4-13-33(14-5-1)35-23-25-36(26-24-35)37-17-12-20-40(31-37)50-45-29-27-38(34-15-6-2-7-16-34)32-43(45)41-28-30-46-47(48(41)50)42-21-10-11-22-44(42)49(46)39-18-8-3-9-19-39/h1-32H. The Hall–Kier alpha value is -6.64. The minimum absolute atomic E-state index is 1.14. The minimum Gasteiger partial charge on any atom is -0.309 e. The molecule has 0 aliphatic heterocycles. The summed E-state index contributed by atoms with van der Waals surface area (Å²) < 4.78 is 4.90.